The third-order valence-corrected chi connectivity index (χ3v) is 4.92. The van der Waals surface area contributed by atoms with E-state index in [1.807, 2.05) is 13.0 Å². The first kappa shape index (κ1) is 19.7. The molecule has 0 N–H and O–H groups in total. The Kier molecular flexibility index (Phi) is 6.07. The Hall–Kier alpha value is -1.65. The molecule has 0 aliphatic rings. The van der Waals surface area contributed by atoms with Crippen molar-refractivity contribution in [1.29, 1.82) is 0 Å². The summed E-state index contributed by atoms with van der Waals surface area (Å²) in [4.78, 5) is 0. The van der Waals surface area contributed by atoms with Gasteiger partial charge < -0.3 is 0 Å². The fraction of sp³-hybridized carbons (Fsp3) is 0.250. The summed E-state index contributed by atoms with van der Waals surface area (Å²) in [5, 5.41) is 2.06. The molecule has 0 saturated carbocycles. The molecule has 0 nitrogen and oxygen atoms in total. The van der Waals surface area contributed by atoms with Crippen molar-refractivity contribution in [2.45, 2.75) is 32.9 Å². The number of hydrogen-bond donors (Lipinski definition) is 0. The van der Waals surface area contributed by atoms with Crippen LogP contribution in [0.2, 0.25) is 5.02 Å². The molecular formula is C20H18ClF3S. The molecule has 0 amide bonds. The SMILES string of the molecule is Cc1cc(/C=C/C(c2cc(C)c(Cl)c(C)c2)C(F)(F)F)ccc1C=S. The van der Waals surface area contributed by atoms with Gasteiger partial charge in [0.2, 0.25) is 0 Å². The standard InChI is InChI=1S/C20H18ClF3S/c1-12-8-15(4-6-16(12)11-25)5-7-18(20(22,23)24)17-9-13(2)19(21)14(3)10-17/h4-11,18H,1-3H3/b7-5+. The predicted molar refractivity (Wildman–Crippen MR) is 103 cm³/mol. The van der Waals surface area contributed by atoms with Gasteiger partial charge in [-0.05, 0) is 54.2 Å². The molecular weight excluding hydrogens is 365 g/mol. The van der Waals surface area contributed by atoms with Gasteiger partial charge in [0.25, 0.3) is 0 Å². The van der Waals surface area contributed by atoms with Crippen molar-refractivity contribution >= 4 is 35.3 Å². The molecule has 132 valence electrons. The maximum absolute atomic E-state index is 13.6. The largest absolute Gasteiger partial charge is 0.399 e. The molecule has 2 aromatic rings. The lowest BCUT2D eigenvalue weighted by atomic mass is 9.93. The molecule has 2 rings (SSSR count). The van der Waals surface area contributed by atoms with E-state index in [0.29, 0.717) is 21.7 Å². The molecule has 0 spiro atoms. The molecule has 0 fully saturated rings. The van der Waals surface area contributed by atoms with E-state index < -0.39 is 12.1 Å². The minimum Gasteiger partial charge on any atom is -0.170 e. The molecule has 0 aromatic heterocycles. The van der Waals surface area contributed by atoms with Gasteiger partial charge in [0.1, 0.15) is 0 Å². The van der Waals surface area contributed by atoms with Gasteiger partial charge in [0, 0.05) is 10.4 Å². The van der Waals surface area contributed by atoms with Crippen molar-refractivity contribution in [1.82, 2.24) is 0 Å². The van der Waals surface area contributed by atoms with Gasteiger partial charge in [-0.3, -0.25) is 0 Å². The molecule has 0 saturated heterocycles. The molecule has 0 aliphatic heterocycles. The second kappa shape index (κ2) is 7.71. The first-order valence-electron chi connectivity index (χ1n) is 7.71. The van der Waals surface area contributed by atoms with E-state index in [0.717, 1.165) is 11.1 Å². The number of allylic oxidation sites excluding steroid dienone is 1. The lowest BCUT2D eigenvalue weighted by molar-refractivity contribution is -0.139. The number of thiocarbonyl (C=S) groups is 1. The van der Waals surface area contributed by atoms with Gasteiger partial charge in [-0.1, -0.05) is 66.3 Å². The highest BCUT2D eigenvalue weighted by molar-refractivity contribution is 7.79. The maximum Gasteiger partial charge on any atom is 0.399 e. The predicted octanol–water partition coefficient (Wildman–Crippen LogP) is 6.97. The number of aryl methyl sites for hydroxylation is 3. The normalized spacial score (nSPS) is 13.2. The van der Waals surface area contributed by atoms with Gasteiger partial charge in [0.15, 0.2) is 0 Å². The second-order valence-corrected chi connectivity index (χ2v) is 6.69. The molecule has 1 atom stereocenters. The van der Waals surface area contributed by atoms with Gasteiger partial charge in [-0.25, -0.2) is 0 Å². The summed E-state index contributed by atoms with van der Waals surface area (Å²) in [6.45, 7) is 5.30. The van der Waals surface area contributed by atoms with E-state index in [1.165, 1.54) is 24.3 Å². The number of alkyl halides is 3. The molecule has 5 heteroatoms. The fourth-order valence-electron chi connectivity index (χ4n) is 2.71. The minimum atomic E-state index is -4.38. The average molecular weight is 383 g/mol. The Bertz CT molecular complexity index is 799. The first-order chi connectivity index (χ1) is 11.6. The summed E-state index contributed by atoms with van der Waals surface area (Å²) >= 11 is 11.0. The smallest absolute Gasteiger partial charge is 0.170 e. The summed E-state index contributed by atoms with van der Waals surface area (Å²) in [6.07, 6.45) is -1.70. The Morgan fingerprint density at radius 3 is 2.08 bits per heavy atom. The van der Waals surface area contributed by atoms with E-state index in [1.54, 1.807) is 31.3 Å². The van der Waals surface area contributed by atoms with Crippen molar-refractivity contribution < 1.29 is 13.2 Å². The lowest BCUT2D eigenvalue weighted by Gasteiger charge is -2.19. The van der Waals surface area contributed by atoms with Gasteiger partial charge in [-0.2, -0.15) is 13.2 Å². The monoisotopic (exact) mass is 382 g/mol. The summed E-state index contributed by atoms with van der Waals surface area (Å²) in [5.41, 5.74) is 3.99. The van der Waals surface area contributed by atoms with Crippen LogP contribution >= 0.6 is 23.8 Å². The number of hydrogen-bond acceptors (Lipinski definition) is 1. The zero-order chi connectivity index (χ0) is 18.8. The summed E-state index contributed by atoms with van der Waals surface area (Å²) in [6, 6.07) is 8.38. The molecule has 0 aliphatic carbocycles. The van der Waals surface area contributed by atoms with Crippen LogP contribution in [0.15, 0.2) is 36.4 Å². The minimum absolute atomic E-state index is 0.190. The van der Waals surface area contributed by atoms with Crippen LogP contribution in [0.5, 0.6) is 0 Å². The highest BCUT2D eigenvalue weighted by Crippen LogP contribution is 2.38. The van der Waals surface area contributed by atoms with Crippen LogP contribution < -0.4 is 0 Å². The third-order valence-electron chi connectivity index (χ3n) is 4.07. The van der Waals surface area contributed by atoms with E-state index >= 15 is 0 Å². The van der Waals surface area contributed by atoms with E-state index in [9.17, 15) is 13.2 Å². The van der Waals surface area contributed by atoms with Crippen molar-refractivity contribution in [2.24, 2.45) is 0 Å². The number of rotatable bonds is 4. The van der Waals surface area contributed by atoms with Crippen LogP contribution in [0.4, 0.5) is 13.2 Å². The van der Waals surface area contributed by atoms with Crippen LogP contribution in [-0.4, -0.2) is 11.5 Å². The van der Waals surface area contributed by atoms with Gasteiger partial charge in [0.05, 0.1) is 5.92 Å². The molecule has 2 aromatic carbocycles. The average Bonchev–Trinajstić information content (AvgIpc) is 2.51. The van der Waals surface area contributed by atoms with Crippen LogP contribution in [0, 0.1) is 20.8 Å². The third kappa shape index (κ3) is 4.71. The second-order valence-electron chi connectivity index (χ2n) is 6.08. The molecule has 0 heterocycles. The topological polar surface area (TPSA) is 0 Å². The van der Waals surface area contributed by atoms with Crippen molar-refractivity contribution in [3.63, 3.8) is 0 Å². The first-order valence-corrected chi connectivity index (χ1v) is 8.56. The molecule has 25 heavy (non-hydrogen) atoms. The van der Waals surface area contributed by atoms with Gasteiger partial charge in [-0.15, -0.1) is 0 Å². The Morgan fingerprint density at radius 2 is 1.60 bits per heavy atom. The zero-order valence-electron chi connectivity index (χ0n) is 14.1. The van der Waals surface area contributed by atoms with Crippen LogP contribution in [0.1, 0.15) is 39.3 Å². The molecule has 1 unspecified atom stereocenters. The van der Waals surface area contributed by atoms with E-state index in [4.69, 9.17) is 23.8 Å². The zero-order valence-corrected chi connectivity index (χ0v) is 15.7. The maximum atomic E-state index is 13.6. The van der Waals surface area contributed by atoms with Crippen LogP contribution in [0.25, 0.3) is 6.08 Å². The fourth-order valence-corrected chi connectivity index (χ4v) is 3.08. The van der Waals surface area contributed by atoms with Crippen molar-refractivity contribution in [3.8, 4) is 0 Å². The quantitative estimate of drug-likeness (QED) is 0.514. The molecule has 0 bridgehead atoms. The summed E-state index contributed by atoms with van der Waals surface area (Å²) < 4.78 is 40.7. The highest BCUT2D eigenvalue weighted by atomic mass is 35.5. The van der Waals surface area contributed by atoms with Crippen LogP contribution in [0.3, 0.4) is 0 Å². The highest BCUT2D eigenvalue weighted by Gasteiger charge is 2.39. The molecule has 0 radical (unpaired) electrons. The van der Waals surface area contributed by atoms with Crippen molar-refractivity contribution in [3.05, 3.63) is 74.8 Å². The van der Waals surface area contributed by atoms with Crippen molar-refractivity contribution in [2.75, 3.05) is 0 Å². The number of halogens is 4. The number of benzene rings is 2. The lowest BCUT2D eigenvalue weighted by Crippen LogP contribution is -2.19. The van der Waals surface area contributed by atoms with Crippen LogP contribution in [-0.2, 0) is 0 Å². The Labute approximate surface area is 156 Å². The summed E-state index contributed by atoms with van der Waals surface area (Å²) in [5.74, 6) is -1.69. The Morgan fingerprint density at radius 1 is 1.00 bits per heavy atom. The Balaban J connectivity index is 2.43. The summed E-state index contributed by atoms with van der Waals surface area (Å²) in [7, 11) is 0. The van der Waals surface area contributed by atoms with E-state index in [2.05, 4.69) is 0 Å². The van der Waals surface area contributed by atoms with E-state index in [-0.39, 0.29) is 5.56 Å². The van der Waals surface area contributed by atoms with Gasteiger partial charge >= 0.3 is 6.18 Å².